The van der Waals surface area contributed by atoms with Gasteiger partial charge in [0.1, 0.15) is 18.0 Å². The Balaban J connectivity index is 2.76. The highest BCUT2D eigenvalue weighted by atomic mass is 19.1. The number of rotatable bonds is 0. The Hall–Kier alpha value is -1.75. The van der Waals surface area contributed by atoms with E-state index in [1.54, 1.807) is 0 Å². The van der Waals surface area contributed by atoms with Gasteiger partial charge >= 0.3 is 0 Å². The molecule has 0 spiro atoms. The molecule has 2 rings (SSSR count). The highest BCUT2D eigenvalue weighted by Crippen LogP contribution is 2.21. The molecular formula is C11H7FO. The van der Waals surface area contributed by atoms with Gasteiger partial charge in [0.2, 0.25) is 0 Å². The number of aryl methyl sites for hydroxylation is 1. The molecule has 1 aromatic carbocycles. The summed E-state index contributed by atoms with van der Waals surface area (Å²) < 4.78 is 17.0. The fourth-order valence-electron chi connectivity index (χ4n) is 1.29. The first-order valence-corrected chi connectivity index (χ1v) is 3.91. The summed E-state index contributed by atoms with van der Waals surface area (Å²) in [5.74, 6) is 2.35. The van der Waals surface area contributed by atoms with E-state index in [-0.39, 0.29) is 0 Å². The van der Waals surface area contributed by atoms with Crippen molar-refractivity contribution in [2.75, 3.05) is 0 Å². The van der Waals surface area contributed by atoms with Crippen LogP contribution >= 0.6 is 0 Å². The Labute approximate surface area is 75.2 Å². The molecule has 2 aromatic rings. The van der Waals surface area contributed by atoms with Gasteiger partial charge in [0.25, 0.3) is 0 Å². The number of hydrogen-bond acceptors (Lipinski definition) is 1. The lowest BCUT2D eigenvalue weighted by atomic mass is 10.1. The second-order valence-corrected chi connectivity index (χ2v) is 2.87. The molecule has 13 heavy (non-hydrogen) atoms. The number of furan rings is 1. The topological polar surface area (TPSA) is 13.1 Å². The zero-order chi connectivity index (χ0) is 9.26. The third-order valence-electron chi connectivity index (χ3n) is 1.91. The summed E-state index contributed by atoms with van der Waals surface area (Å²) in [6.07, 6.45) is 2.84. The van der Waals surface area contributed by atoms with Crippen molar-refractivity contribution in [1.82, 2.24) is 0 Å². The van der Waals surface area contributed by atoms with Crippen molar-refractivity contribution < 1.29 is 8.81 Å². The summed E-state index contributed by atoms with van der Waals surface area (Å²) in [7, 11) is 0. The number of benzene rings is 1. The zero-order valence-corrected chi connectivity index (χ0v) is 7.10. The fourth-order valence-corrected chi connectivity index (χ4v) is 1.29. The molecule has 0 aliphatic carbocycles. The summed E-state index contributed by atoms with van der Waals surface area (Å²) in [6.45, 7) is 1.97. The predicted molar refractivity (Wildman–Crippen MR) is 48.9 cm³/mol. The Kier molecular flexibility index (Phi) is 1.79. The van der Waals surface area contributed by atoms with Gasteiger partial charge in [0.15, 0.2) is 0 Å². The van der Waals surface area contributed by atoms with Crippen LogP contribution in [0.25, 0.3) is 11.0 Å². The number of halogens is 1. The first-order valence-electron chi connectivity index (χ1n) is 3.91. The molecule has 0 N–H and O–H groups in total. The van der Waals surface area contributed by atoms with Gasteiger partial charge in [-0.3, -0.25) is 0 Å². The van der Waals surface area contributed by atoms with Crippen LogP contribution in [0, 0.1) is 19.0 Å². The second kappa shape index (κ2) is 2.95. The molecule has 0 saturated heterocycles. The van der Waals surface area contributed by atoms with Crippen molar-refractivity contribution in [3.63, 3.8) is 0 Å². The molecule has 0 fully saturated rings. The van der Waals surface area contributed by atoms with Crippen LogP contribution < -0.4 is 0 Å². The minimum absolute atomic E-state index is 0.598. The fraction of sp³-hybridized carbons (Fsp3) is 0.0909. The Morgan fingerprint density at radius 3 is 3.00 bits per heavy atom. The van der Waals surface area contributed by atoms with Crippen molar-refractivity contribution in [3.05, 3.63) is 35.6 Å². The van der Waals surface area contributed by atoms with Crippen molar-refractivity contribution in [1.29, 1.82) is 0 Å². The quantitative estimate of drug-likeness (QED) is 0.559. The molecule has 0 bridgehead atoms. The number of hydrogen-bond donors (Lipinski definition) is 0. The van der Waals surface area contributed by atoms with Crippen LogP contribution in [-0.4, -0.2) is 0 Å². The molecule has 64 valence electrons. The average molecular weight is 174 g/mol. The molecule has 2 heteroatoms. The predicted octanol–water partition coefficient (Wildman–Crippen LogP) is 3.02. The largest absolute Gasteiger partial charge is 0.463 e. The normalized spacial score (nSPS) is 9.69. The van der Waals surface area contributed by atoms with Crippen molar-refractivity contribution in [2.24, 2.45) is 0 Å². The second-order valence-electron chi connectivity index (χ2n) is 2.87. The van der Waals surface area contributed by atoms with Crippen LogP contribution in [0.4, 0.5) is 4.39 Å². The molecule has 0 saturated carbocycles. The molecule has 0 amide bonds. The van der Waals surface area contributed by atoms with Crippen LogP contribution in [0.15, 0.2) is 28.9 Å². The lowest BCUT2D eigenvalue weighted by molar-refractivity contribution is 0.614. The lowest BCUT2D eigenvalue weighted by Gasteiger charge is -1.90. The molecular weight excluding hydrogens is 167 g/mol. The SMILES string of the molecule is Cc1ccc2occ(C#CF)c2c1. The minimum atomic E-state index is 0.598. The molecule has 0 radical (unpaired) electrons. The van der Waals surface area contributed by atoms with Crippen LogP contribution in [0.5, 0.6) is 0 Å². The molecule has 1 heterocycles. The van der Waals surface area contributed by atoms with E-state index in [1.165, 1.54) is 12.4 Å². The zero-order valence-electron chi connectivity index (χ0n) is 7.10. The first-order chi connectivity index (χ1) is 6.31. The molecule has 1 nitrogen and oxygen atoms in total. The summed E-state index contributed by atoms with van der Waals surface area (Å²) in [5, 5.41) is 0.866. The summed E-state index contributed by atoms with van der Waals surface area (Å²) in [6, 6.07) is 5.73. The number of fused-ring (bicyclic) bond motifs is 1. The van der Waals surface area contributed by atoms with Gasteiger partial charge in [-0.1, -0.05) is 11.6 Å². The van der Waals surface area contributed by atoms with E-state index in [9.17, 15) is 4.39 Å². The molecule has 0 aliphatic heterocycles. The van der Waals surface area contributed by atoms with Crippen LogP contribution in [-0.2, 0) is 0 Å². The van der Waals surface area contributed by atoms with E-state index in [1.807, 2.05) is 25.1 Å². The van der Waals surface area contributed by atoms with E-state index < -0.39 is 0 Å². The Morgan fingerprint density at radius 2 is 2.23 bits per heavy atom. The van der Waals surface area contributed by atoms with Gasteiger partial charge in [0, 0.05) is 5.39 Å². The molecule has 0 unspecified atom stereocenters. The standard InChI is InChI=1S/C11H7FO/c1-8-2-3-11-10(6-8)9(4-5-12)7-13-11/h2-3,6-7H,1H3. The van der Waals surface area contributed by atoms with E-state index in [4.69, 9.17) is 4.42 Å². The van der Waals surface area contributed by atoms with E-state index >= 15 is 0 Å². The van der Waals surface area contributed by atoms with Gasteiger partial charge in [0.05, 0.1) is 5.56 Å². The van der Waals surface area contributed by atoms with Crippen molar-refractivity contribution in [3.8, 4) is 12.1 Å². The maximum Gasteiger partial charge on any atom is 0.135 e. The minimum Gasteiger partial charge on any atom is -0.463 e. The Morgan fingerprint density at radius 1 is 1.38 bits per heavy atom. The van der Waals surface area contributed by atoms with E-state index in [0.717, 1.165) is 16.5 Å². The average Bonchev–Trinajstić information content (AvgIpc) is 2.49. The van der Waals surface area contributed by atoms with Crippen molar-refractivity contribution >= 4 is 11.0 Å². The van der Waals surface area contributed by atoms with E-state index in [0.29, 0.717) is 5.56 Å². The first kappa shape index (κ1) is 7.88. The smallest absolute Gasteiger partial charge is 0.135 e. The van der Waals surface area contributed by atoms with Crippen molar-refractivity contribution in [2.45, 2.75) is 6.92 Å². The Bertz CT molecular complexity index is 500. The van der Waals surface area contributed by atoms with Gasteiger partial charge in [-0.2, -0.15) is 0 Å². The summed E-state index contributed by atoms with van der Waals surface area (Å²) in [5.41, 5.74) is 2.44. The maximum atomic E-state index is 11.8. The molecule has 0 atom stereocenters. The lowest BCUT2D eigenvalue weighted by Crippen LogP contribution is -1.72. The maximum absolute atomic E-state index is 11.8. The third-order valence-corrected chi connectivity index (χ3v) is 1.91. The van der Waals surface area contributed by atoms with Crippen LogP contribution in [0.2, 0.25) is 0 Å². The highest BCUT2D eigenvalue weighted by Gasteiger charge is 2.02. The van der Waals surface area contributed by atoms with E-state index in [2.05, 4.69) is 5.92 Å². The van der Waals surface area contributed by atoms with Gasteiger partial charge < -0.3 is 4.42 Å². The van der Waals surface area contributed by atoms with Crippen LogP contribution in [0.1, 0.15) is 11.1 Å². The summed E-state index contributed by atoms with van der Waals surface area (Å²) in [4.78, 5) is 0. The van der Waals surface area contributed by atoms with Gasteiger partial charge in [-0.15, -0.1) is 4.39 Å². The van der Waals surface area contributed by atoms with Gasteiger partial charge in [-0.25, -0.2) is 0 Å². The monoisotopic (exact) mass is 174 g/mol. The molecule has 1 aromatic heterocycles. The molecule has 0 aliphatic rings. The summed E-state index contributed by atoms with van der Waals surface area (Å²) >= 11 is 0. The third kappa shape index (κ3) is 1.29. The highest BCUT2D eigenvalue weighted by molar-refractivity contribution is 5.84. The van der Waals surface area contributed by atoms with Crippen LogP contribution in [0.3, 0.4) is 0 Å². The van der Waals surface area contributed by atoms with Gasteiger partial charge in [-0.05, 0) is 25.0 Å².